The lowest BCUT2D eigenvalue weighted by Gasteiger charge is -1.96. The van der Waals surface area contributed by atoms with Gasteiger partial charge in [-0.2, -0.15) is 0 Å². The highest BCUT2D eigenvalue weighted by molar-refractivity contribution is 9.10. The highest BCUT2D eigenvalue weighted by Crippen LogP contribution is 2.28. The Morgan fingerprint density at radius 3 is 2.92 bits per heavy atom. The lowest BCUT2D eigenvalue weighted by atomic mass is 10.2. The standard InChI is InChI=1S/C9H8BrNO/c1-5-4-12-9-3-8(11)7(10)2-6(5)9/h2-4H,11H2,1H3. The molecule has 2 rings (SSSR count). The zero-order valence-corrected chi connectivity index (χ0v) is 8.18. The Labute approximate surface area is 78.5 Å². The molecule has 0 bridgehead atoms. The van der Waals surface area contributed by atoms with Gasteiger partial charge >= 0.3 is 0 Å². The van der Waals surface area contributed by atoms with Gasteiger partial charge in [0.1, 0.15) is 5.58 Å². The van der Waals surface area contributed by atoms with E-state index >= 15 is 0 Å². The fourth-order valence-corrected chi connectivity index (χ4v) is 1.53. The maximum Gasteiger partial charge on any atom is 0.136 e. The predicted molar refractivity (Wildman–Crippen MR) is 53.1 cm³/mol. The number of fused-ring (bicyclic) bond motifs is 1. The summed E-state index contributed by atoms with van der Waals surface area (Å²) in [6, 6.07) is 3.80. The smallest absolute Gasteiger partial charge is 0.136 e. The van der Waals surface area contributed by atoms with E-state index in [0.29, 0.717) is 5.69 Å². The third kappa shape index (κ3) is 1.01. The SMILES string of the molecule is Cc1coc2cc(N)c(Br)cc12. The number of halogens is 1. The van der Waals surface area contributed by atoms with Gasteiger partial charge in [-0.25, -0.2) is 0 Å². The number of hydrogen-bond donors (Lipinski definition) is 1. The number of nitrogen functional groups attached to an aromatic ring is 1. The second-order valence-electron chi connectivity index (χ2n) is 2.79. The van der Waals surface area contributed by atoms with Gasteiger partial charge in [-0.05, 0) is 34.5 Å². The normalized spacial score (nSPS) is 10.8. The van der Waals surface area contributed by atoms with Crippen LogP contribution < -0.4 is 5.73 Å². The van der Waals surface area contributed by atoms with Crippen molar-refractivity contribution in [2.45, 2.75) is 6.92 Å². The maximum atomic E-state index is 5.69. The van der Waals surface area contributed by atoms with Gasteiger partial charge in [-0.3, -0.25) is 0 Å². The molecule has 0 saturated heterocycles. The monoisotopic (exact) mass is 225 g/mol. The molecule has 0 aliphatic rings. The molecule has 2 nitrogen and oxygen atoms in total. The zero-order valence-electron chi connectivity index (χ0n) is 6.60. The molecule has 2 N–H and O–H groups in total. The van der Waals surface area contributed by atoms with Crippen LogP contribution in [0.15, 0.2) is 27.3 Å². The molecule has 1 aromatic heterocycles. The molecular formula is C9H8BrNO. The summed E-state index contributed by atoms with van der Waals surface area (Å²) in [6.07, 6.45) is 1.73. The number of anilines is 1. The highest BCUT2D eigenvalue weighted by atomic mass is 79.9. The van der Waals surface area contributed by atoms with Gasteiger partial charge in [0, 0.05) is 21.6 Å². The van der Waals surface area contributed by atoms with Gasteiger partial charge in [0.05, 0.1) is 6.26 Å². The van der Waals surface area contributed by atoms with Crippen LogP contribution in [0.25, 0.3) is 11.0 Å². The van der Waals surface area contributed by atoms with Crippen molar-refractivity contribution >= 4 is 32.6 Å². The zero-order chi connectivity index (χ0) is 8.72. The van der Waals surface area contributed by atoms with Crippen LogP contribution in [-0.4, -0.2) is 0 Å². The first kappa shape index (κ1) is 7.68. The van der Waals surface area contributed by atoms with Gasteiger partial charge in [-0.1, -0.05) is 0 Å². The van der Waals surface area contributed by atoms with Crippen LogP contribution in [0.2, 0.25) is 0 Å². The molecule has 1 aromatic carbocycles. The molecule has 62 valence electrons. The molecule has 0 aliphatic carbocycles. The van der Waals surface area contributed by atoms with Crippen molar-refractivity contribution in [1.29, 1.82) is 0 Å². The van der Waals surface area contributed by atoms with Gasteiger partial charge in [-0.15, -0.1) is 0 Å². The molecule has 0 fully saturated rings. The molecule has 0 radical (unpaired) electrons. The van der Waals surface area contributed by atoms with Crippen LogP contribution in [0.5, 0.6) is 0 Å². The van der Waals surface area contributed by atoms with Crippen LogP contribution >= 0.6 is 15.9 Å². The second kappa shape index (κ2) is 2.52. The Bertz CT molecular complexity index is 433. The van der Waals surface area contributed by atoms with E-state index in [-0.39, 0.29) is 0 Å². The van der Waals surface area contributed by atoms with Crippen LogP contribution in [0.3, 0.4) is 0 Å². The molecule has 0 spiro atoms. The second-order valence-corrected chi connectivity index (χ2v) is 3.64. The fourth-order valence-electron chi connectivity index (χ4n) is 1.19. The summed E-state index contributed by atoms with van der Waals surface area (Å²) in [5.74, 6) is 0. The first-order valence-corrected chi connectivity index (χ1v) is 4.40. The molecule has 1 heterocycles. The molecule has 0 amide bonds. The molecule has 3 heteroatoms. The van der Waals surface area contributed by atoms with Gasteiger partial charge in [0.15, 0.2) is 0 Å². The van der Waals surface area contributed by atoms with Crippen molar-refractivity contribution in [2.75, 3.05) is 5.73 Å². The Morgan fingerprint density at radius 2 is 2.17 bits per heavy atom. The minimum Gasteiger partial charge on any atom is -0.464 e. The van der Waals surface area contributed by atoms with Gasteiger partial charge < -0.3 is 10.2 Å². The van der Waals surface area contributed by atoms with Gasteiger partial charge in [0.25, 0.3) is 0 Å². The lowest BCUT2D eigenvalue weighted by Crippen LogP contribution is -1.85. The van der Waals surface area contributed by atoms with E-state index in [9.17, 15) is 0 Å². The molecule has 0 atom stereocenters. The molecule has 0 saturated carbocycles. The van der Waals surface area contributed by atoms with Crippen LogP contribution in [0.4, 0.5) is 5.69 Å². The first-order chi connectivity index (χ1) is 5.68. The number of aryl methyl sites for hydroxylation is 1. The average molecular weight is 226 g/mol. The third-order valence-electron chi connectivity index (χ3n) is 1.89. The topological polar surface area (TPSA) is 39.2 Å². The summed E-state index contributed by atoms with van der Waals surface area (Å²) in [4.78, 5) is 0. The van der Waals surface area contributed by atoms with Crippen LogP contribution in [0.1, 0.15) is 5.56 Å². The number of nitrogens with two attached hydrogens (primary N) is 1. The minimum absolute atomic E-state index is 0.705. The van der Waals surface area contributed by atoms with Crippen molar-refractivity contribution in [2.24, 2.45) is 0 Å². The van der Waals surface area contributed by atoms with Crippen molar-refractivity contribution in [3.8, 4) is 0 Å². The predicted octanol–water partition coefficient (Wildman–Crippen LogP) is 3.09. The van der Waals surface area contributed by atoms with E-state index < -0.39 is 0 Å². The Hall–Kier alpha value is -0.960. The summed E-state index contributed by atoms with van der Waals surface area (Å²) < 4.78 is 6.20. The molecule has 12 heavy (non-hydrogen) atoms. The highest BCUT2D eigenvalue weighted by Gasteiger charge is 2.04. The summed E-state index contributed by atoms with van der Waals surface area (Å²) in [5.41, 5.74) is 8.36. The third-order valence-corrected chi connectivity index (χ3v) is 2.57. The van der Waals surface area contributed by atoms with E-state index in [1.165, 1.54) is 0 Å². The molecule has 0 aliphatic heterocycles. The minimum atomic E-state index is 0.705. The van der Waals surface area contributed by atoms with Crippen molar-refractivity contribution in [3.63, 3.8) is 0 Å². The largest absolute Gasteiger partial charge is 0.464 e. The summed E-state index contributed by atoms with van der Waals surface area (Å²) in [7, 11) is 0. The van der Waals surface area contributed by atoms with E-state index in [1.807, 2.05) is 19.1 Å². The summed E-state index contributed by atoms with van der Waals surface area (Å²) in [6.45, 7) is 2.01. The number of furan rings is 1. The average Bonchev–Trinajstić information content (AvgIpc) is 2.35. The molecule has 0 unspecified atom stereocenters. The Kier molecular flexibility index (Phi) is 1.61. The quantitative estimate of drug-likeness (QED) is 0.701. The molecule has 2 aromatic rings. The van der Waals surface area contributed by atoms with Crippen LogP contribution in [-0.2, 0) is 0 Å². The van der Waals surface area contributed by atoms with E-state index in [1.54, 1.807) is 6.26 Å². The summed E-state index contributed by atoms with van der Waals surface area (Å²) in [5, 5.41) is 1.11. The number of benzene rings is 1. The van der Waals surface area contributed by atoms with Crippen LogP contribution in [0, 0.1) is 6.92 Å². The van der Waals surface area contributed by atoms with E-state index in [2.05, 4.69) is 15.9 Å². The van der Waals surface area contributed by atoms with Crippen molar-refractivity contribution in [3.05, 3.63) is 28.4 Å². The first-order valence-electron chi connectivity index (χ1n) is 3.61. The Balaban J connectivity index is 2.87. The summed E-state index contributed by atoms with van der Waals surface area (Å²) >= 11 is 3.37. The Morgan fingerprint density at radius 1 is 1.42 bits per heavy atom. The van der Waals surface area contributed by atoms with E-state index in [4.69, 9.17) is 10.2 Å². The van der Waals surface area contributed by atoms with Crippen molar-refractivity contribution < 1.29 is 4.42 Å². The van der Waals surface area contributed by atoms with Gasteiger partial charge in [0.2, 0.25) is 0 Å². The molecular weight excluding hydrogens is 218 g/mol. The van der Waals surface area contributed by atoms with E-state index in [0.717, 1.165) is 21.0 Å². The van der Waals surface area contributed by atoms with Crippen molar-refractivity contribution in [1.82, 2.24) is 0 Å². The number of hydrogen-bond acceptors (Lipinski definition) is 2. The lowest BCUT2D eigenvalue weighted by molar-refractivity contribution is 0.613. The fraction of sp³-hybridized carbons (Fsp3) is 0.111. The maximum absolute atomic E-state index is 5.69. The number of rotatable bonds is 0.